The molecule has 1 saturated heterocycles. The number of piperazine rings is 1. The third-order valence-electron chi connectivity index (χ3n) is 4.95. The largest absolute Gasteiger partial charge is 0.340 e. The SMILES string of the molecule is CC1=Nc2ccccc2C1(C)CC(=O)N1CCN(C)CC1. The molecule has 4 nitrogen and oxygen atoms in total. The Labute approximate surface area is 126 Å². The van der Waals surface area contributed by atoms with Crippen LogP contribution in [0.15, 0.2) is 29.3 Å². The zero-order valence-electron chi connectivity index (χ0n) is 13.1. The highest BCUT2D eigenvalue weighted by atomic mass is 16.2. The number of carbonyl (C=O) groups is 1. The molecular weight excluding hydrogens is 262 g/mol. The molecule has 3 rings (SSSR count). The van der Waals surface area contributed by atoms with Crippen LogP contribution in [0.1, 0.15) is 25.8 Å². The van der Waals surface area contributed by atoms with Crippen LogP contribution in [0.2, 0.25) is 0 Å². The second-order valence-corrected chi connectivity index (χ2v) is 6.41. The minimum atomic E-state index is -0.253. The highest BCUT2D eigenvalue weighted by Crippen LogP contribution is 2.42. The molecule has 2 aliphatic rings. The van der Waals surface area contributed by atoms with E-state index in [1.54, 1.807) is 0 Å². The number of amides is 1. The number of para-hydroxylation sites is 1. The molecule has 0 aliphatic carbocycles. The van der Waals surface area contributed by atoms with Crippen LogP contribution < -0.4 is 0 Å². The van der Waals surface area contributed by atoms with Gasteiger partial charge in [-0.25, -0.2) is 0 Å². The monoisotopic (exact) mass is 285 g/mol. The first-order valence-electron chi connectivity index (χ1n) is 7.62. The number of hydrogen-bond donors (Lipinski definition) is 0. The van der Waals surface area contributed by atoms with Crippen molar-refractivity contribution in [1.29, 1.82) is 0 Å². The van der Waals surface area contributed by atoms with Gasteiger partial charge in [-0.1, -0.05) is 18.2 Å². The van der Waals surface area contributed by atoms with E-state index >= 15 is 0 Å². The lowest BCUT2D eigenvalue weighted by molar-refractivity contribution is -0.133. The Kier molecular flexibility index (Phi) is 3.57. The summed E-state index contributed by atoms with van der Waals surface area (Å²) in [5, 5.41) is 0. The van der Waals surface area contributed by atoms with Crippen molar-refractivity contribution < 1.29 is 4.79 Å². The normalized spacial score (nSPS) is 25.7. The van der Waals surface area contributed by atoms with Gasteiger partial charge in [0.25, 0.3) is 0 Å². The fraction of sp³-hybridized carbons (Fsp3) is 0.529. The number of nitrogens with zero attached hydrogens (tertiary/aromatic N) is 3. The molecule has 0 spiro atoms. The fourth-order valence-corrected chi connectivity index (χ4v) is 3.23. The van der Waals surface area contributed by atoms with E-state index in [1.165, 1.54) is 5.56 Å². The molecule has 0 aromatic heterocycles. The minimum Gasteiger partial charge on any atom is -0.340 e. The quantitative estimate of drug-likeness (QED) is 0.835. The van der Waals surface area contributed by atoms with Gasteiger partial charge in [-0.3, -0.25) is 9.79 Å². The summed E-state index contributed by atoms with van der Waals surface area (Å²) in [6.07, 6.45) is 0.517. The topological polar surface area (TPSA) is 35.9 Å². The number of hydrogen-bond acceptors (Lipinski definition) is 3. The van der Waals surface area contributed by atoms with Crippen molar-refractivity contribution >= 4 is 17.3 Å². The number of carbonyl (C=O) groups excluding carboxylic acids is 1. The first-order valence-corrected chi connectivity index (χ1v) is 7.62. The highest BCUT2D eigenvalue weighted by Gasteiger charge is 2.39. The molecule has 1 amide bonds. The van der Waals surface area contributed by atoms with Crippen molar-refractivity contribution in [2.45, 2.75) is 25.7 Å². The van der Waals surface area contributed by atoms with Crippen LogP contribution in [0.4, 0.5) is 5.69 Å². The van der Waals surface area contributed by atoms with Crippen molar-refractivity contribution in [3.8, 4) is 0 Å². The molecule has 21 heavy (non-hydrogen) atoms. The summed E-state index contributed by atoms with van der Waals surface area (Å²) in [7, 11) is 2.10. The van der Waals surface area contributed by atoms with Crippen molar-refractivity contribution in [2.24, 2.45) is 4.99 Å². The summed E-state index contributed by atoms with van der Waals surface area (Å²) in [6, 6.07) is 8.17. The summed E-state index contributed by atoms with van der Waals surface area (Å²) in [6.45, 7) is 7.79. The maximum atomic E-state index is 12.7. The van der Waals surface area contributed by atoms with E-state index in [0.717, 1.165) is 37.6 Å². The molecule has 0 saturated carbocycles. The molecule has 1 aromatic rings. The van der Waals surface area contributed by atoms with Gasteiger partial charge in [0, 0.05) is 43.7 Å². The van der Waals surface area contributed by atoms with E-state index in [4.69, 9.17) is 0 Å². The summed E-state index contributed by atoms with van der Waals surface area (Å²) in [4.78, 5) is 21.6. The molecule has 4 heteroatoms. The van der Waals surface area contributed by atoms with E-state index in [0.29, 0.717) is 6.42 Å². The fourth-order valence-electron chi connectivity index (χ4n) is 3.23. The van der Waals surface area contributed by atoms with Crippen LogP contribution in [0.25, 0.3) is 0 Å². The molecule has 1 atom stereocenters. The molecule has 2 heterocycles. The maximum Gasteiger partial charge on any atom is 0.223 e. The third kappa shape index (κ3) is 2.48. The lowest BCUT2D eigenvalue weighted by Crippen LogP contribution is -2.49. The van der Waals surface area contributed by atoms with Gasteiger partial charge in [0.2, 0.25) is 5.91 Å². The van der Waals surface area contributed by atoms with Gasteiger partial charge in [-0.05, 0) is 32.5 Å². The van der Waals surface area contributed by atoms with Gasteiger partial charge in [0.15, 0.2) is 0 Å². The standard InChI is InChI=1S/C17H23N3O/c1-13-17(2,14-6-4-5-7-15(14)18-13)12-16(21)20-10-8-19(3)9-11-20/h4-7H,8-12H2,1-3H3. The average molecular weight is 285 g/mol. The average Bonchev–Trinajstić information content (AvgIpc) is 2.71. The molecule has 0 N–H and O–H groups in total. The lowest BCUT2D eigenvalue weighted by atomic mass is 9.77. The van der Waals surface area contributed by atoms with Crippen molar-refractivity contribution in [1.82, 2.24) is 9.80 Å². The van der Waals surface area contributed by atoms with E-state index in [-0.39, 0.29) is 11.3 Å². The van der Waals surface area contributed by atoms with Gasteiger partial charge < -0.3 is 9.80 Å². The first-order chi connectivity index (χ1) is 10.0. The Morgan fingerprint density at radius 1 is 1.24 bits per heavy atom. The second kappa shape index (κ2) is 5.26. The Balaban J connectivity index is 1.78. The summed E-state index contributed by atoms with van der Waals surface area (Å²) in [5.41, 5.74) is 3.00. The van der Waals surface area contributed by atoms with E-state index in [1.807, 2.05) is 30.0 Å². The molecule has 0 bridgehead atoms. The Hall–Kier alpha value is -1.68. The number of likely N-dealkylation sites (N-methyl/N-ethyl adjacent to an activating group) is 1. The van der Waals surface area contributed by atoms with Crippen LogP contribution in [0.5, 0.6) is 0 Å². The number of benzene rings is 1. The number of aliphatic imine (C=N–C) groups is 1. The van der Waals surface area contributed by atoms with Gasteiger partial charge in [-0.2, -0.15) is 0 Å². The molecule has 1 aromatic carbocycles. The van der Waals surface area contributed by atoms with Gasteiger partial charge in [0.1, 0.15) is 0 Å². The molecular formula is C17H23N3O. The summed E-state index contributed by atoms with van der Waals surface area (Å²) in [5.74, 6) is 0.247. The Bertz CT molecular complexity index is 587. The zero-order valence-corrected chi connectivity index (χ0v) is 13.1. The van der Waals surface area contributed by atoms with Crippen molar-refractivity contribution in [3.05, 3.63) is 29.8 Å². The third-order valence-corrected chi connectivity index (χ3v) is 4.95. The van der Waals surface area contributed by atoms with Crippen LogP contribution in [0.3, 0.4) is 0 Å². The predicted molar refractivity (Wildman–Crippen MR) is 85.3 cm³/mol. The summed E-state index contributed by atoms with van der Waals surface area (Å²) < 4.78 is 0. The van der Waals surface area contributed by atoms with Gasteiger partial charge in [-0.15, -0.1) is 0 Å². The molecule has 112 valence electrons. The minimum absolute atomic E-state index is 0.247. The molecule has 2 aliphatic heterocycles. The Morgan fingerprint density at radius 2 is 1.90 bits per heavy atom. The molecule has 1 unspecified atom stereocenters. The first kappa shape index (κ1) is 14.3. The zero-order chi connectivity index (χ0) is 15.0. The predicted octanol–water partition coefficient (Wildman–Crippen LogP) is 2.21. The van der Waals surface area contributed by atoms with Crippen LogP contribution in [-0.4, -0.2) is 54.6 Å². The van der Waals surface area contributed by atoms with E-state index in [9.17, 15) is 4.79 Å². The van der Waals surface area contributed by atoms with Gasteiger partial charge in [0.05, 0.1) is 5.69 Å². The maximum absolute atomic E-state index is 12.7. The Morgan fingerprint density at radius 3 is 2.62 bits per heavy atom. The van der Waals surface area contributed by atoms with Crippen LogP contribution in [0, 0.1) is 0 Å². The summed E-state index contributed by atoms with van der Waals surface area (Å²) >= 11 is 0. The van der Waals surface area contributed by atoms with Crippen molar-refractivity contribution in [3.63, 3.8) is 0 Å². The number of fused-ring (bicyclic) bond motifs is 1. The van der Waals surface area contributed by atoms with E-state index in [2.05, 4.69) is 29.9 Å². The van der Waals surface area contributed by atoms with E-state index < -0.39 is 0 Å². The lowest BCUT2D eigenvalue weighted by Gasteiger charge is -2.35. The second-order valence-electron chi connectivity index (χ2n) is 6.41. The highest BCUT2D eigenvalue weighted by molar-refractivity contribution is 6.02. The molecule has 0 radical (unpaired) electrons. The van der Waals surface area contributed by atoms with Gasteiger partial charge >= 0.3 is 0 Å². The smallest absolute Gasteiger partial charge is 0.223 e. The van der Waals surface area contributed by atoms with Crippen LogP contribution in [-0.2, 0) is 10.2 Å². The van der Waals surface area contributed by atoms with Crippen LogP contribution >= 0.6 is 0 Å². The number of rotatable bonds is 2. The molecule has 1 fully saturated rings. The van der Waals surface area contributed by atoms with Crippen molar-refractivity contribution in [2.75, 3.05) is 33.2 Å².